The van der Waals surface area contributed by atoms with Gasteiger partial charge in [-0.1, -0.05) is 13.8 Å². The van der Waals surface area contributed by atoms with Gasteiger partial charge in [-0.05, 0) is 18.1 Å². The number of hydrogen-bond acceptors (Lipinski definition) is 3. The van der Waals surface area contributed by atoms with Gasteiger partial charge in [0.05, 0.1) is 6.61 Å². The molecular weight excluding hydrogens is 214 g/mol. The third-order valence-corrected chi connectivity index (χ3v) is 2.11. The molecule has 15 heavy (non-hydrogen) atoms. The van der Waals surface area contributed by atoms with Gasteiger partial charge in [-0.2, -0.15) is 0 Å². The maximum absolute atomic E-state index is 11.1. The normalized spacial score (nSPS) is 12.3. The number of hydrogen-bond donors (Lipinski definition) is 3. The number of nitrogens with one attached hydrogen (secondary N) is 2. The fourth-order valence-corrected chi connectivity index (χ4v) is 1.25. The summed E-state index contributed by atoms with van der Waals surface area (Å²) in [7, 11) is 1.61. The van der Waals surface area contributed by atoms with Crippen molar-refractivity contribution in [2.45, 2.75) is 19.9 Å². The Hall–Kier alpha value is -0.880. The topological polar surface area (TPSA) is 76.4 Å². The highest BCUT2D eigenvalue weighted by atomic mass is 32.1. The van der Waals surface area contributed by atoms with Gasteiger partial charge in [0.1, 0.15) is 6.04 Å². The molecule has 0 heterocycles. The van der Waals surface area contributed by atoms with Crippen molar-refractivity contribution in [3.05, 3.63) is 0 Å². The van der Waals surface area contributed by atoms with Gasteiger partial charge in [-0.15, -0.1) is 0 Å². The zero-order chi connectivity index (χ0) is 11.8. The minimum absolute atomic E-state index is 0.102. The quantitative estimate of drug-likeness (QED) is 0.430. The number of primary amides is 1. The third kappa shape index (κ3) is 6.24. The molecule has 0 aliphatic rings. The second kappa shape index (κ2) is 7.42. The van der Waals surface area contributed by atoms with E-state index in [0.29, 0.717) is 18.3 Å². The lowest BCUT2D eigenvalue weighted by atomic mass is 10.0. The molecule has 1 atom stereocenters. The molecule has 0 aliphatic heterocycles. The van der Waals surface area contributed by atoms with Crippen LogP contribution in [0.2, 0.25) is 0 Å². The molecule has 88 valence electrons. The zero-order valence-corrected chi connectivity index (χ0v) is 10.2. The Morgan fingerprint density at radius 3 is 2.53 bits per heavy atom. The average Bonchev–Trinajstić information content (AvgIpc) is 2.13. The number of amides is 1. The van der Waals surface area contributed by atoms with E-state index >= 15 is 0 Å². The summed E-state index contributed by atoms with van der Waals surface area (Å²) in [6.45, 7) is 4.97. The van der Waals surface area contributed by atoms with Crippen molar-refractivity contribution in [3.63, 3.8) is 0 Å². The Kier molecular flexibility index (Phi) is 6.98. The van der Waals surface area contributed by atoms with Gasteiger partial charge in [-0.25, -0.2) is 0 Å². The molecular formula is C9H19N3O2S. The van der Waals surface area contributed by atoms with E-state index in [1.807, 2.05) is 13.8 Å². The van der Waals surface area contributed by atoms with Crippen molar-refractivity contribution >= 4 is 23.2 Å². The number of thiocarbonyl (C=S) groups is 1. The van der Waals surface area contributed by atoms with Crippen molar-refractivity contribution in [2.24, 2.45) is 11.7 Å². The van der Waals surface area contributed by atoms with E-state index < -0.39 is 11.9 Å². The van der Waals surface area contributed by atoms with Crippen LogP contribution in [-0.4, -0.2) is 37.3 Å². The van der Waals surface area contributed by atoms with Crippen molar-refractivity contribution in [2.75, 3.05) is 20.3 Å². The van der Waals surface area contributed by atoms with Crippen LogP contribution in [0.4, 0.5) is 0 Å². The van der Waals surface area contributed by atoms with Crippen LogP contribution in [-0.2, 0) is 9.53 Å². The highest BCUT2D eigenvalue weighted by molar-refractivity contribution is 7.80. The van der Waals surface area contributed by atoms with E-state index in [-0.39, 0.29) is 5.92 Å². The molecule has 0 saturated carbocycles. The maximum atomic E-state index is 11.1. The number of ether oxygens (including phenoxy) is 1. The molecule has 0 aliphatic carbocycles. The number of carbonyl (C=O) groups excluding carboxylic acids is 1. The van der Waals surface area contributed by atoms with Crippen LogP contribution in [0.3, 0.4) is 0 Å². The molecule has 0 aromatic rings. The molecule has 6 heteroatoms. The largest absolute Gasteiger partial charge is 0.383 e. The van der Waals surface area contributed by atoms with Crippen LogP contribution < -0.4 is 16.4 Å². The van der Waals surface area contributed by atoms with E-state index in [4.69, 9.17) is 22.7 Å². The van der Waals surface area contributed by atoms with Gasteiger partial charge < -0.3 is 21.1 Å². The molecule has 0 aromatic carbocycles. The Morgan fingerprint density at radius 1 is 1.53 bits per heavy atom. The summed E-state index contributed by atoms with van der Waals surface area (Å²) >= 11 is 5.00. The molecule has 0 saturated heterocycles. The highest BCUT2D eigenvalue weighted by Gasteiger charge is 2.19. The first-order valence-electron chi connectivity index (χ1n) is 4.81. The molecule has 0 bridgehead atoms. The summed E-state index contributed by atoms with van der Waals surface area (Å²) in [6.07, 6.45) is 0. The molecule has 1 unspecified atom stereocenters. The zero-order valence-electron chi connectivity index (χ0n) is 9.37. The van der Waals surface area contributed by atoms with Crippen LogP contribution in [0.1, 0.15) is 13.8 Å². The predicted molar refractivity (Wildman–Crippen MR) is 63.4 cm³/mol. The Balaban J connectivity index is 3.95. The van der Waals surface area contributed by atoms with Gasteiger partial charge in [0.2, 0.25) is 5.91 Å². The number of rotatable bonds is 6. The number of nitrogens with two attached hydrogens (primary N) is 1. The number of carbonyl (C=O) groups is 1. The Bertz CT molecular complexity index is 221. The van der Waals surface area contributed by atoms with E-state index in [1.165, 1.54) is 0 Å². The van der Waals surface area contributed by atoms with E-state index in [9.17, 15) is 4.79 Å². The lowest BCUT2D eigenvalue weighted by Crippen LogP contribution is -2.51. The van der Waals surface area contributed by atoms with Gasteiger partial charge in [0, 0.05) is 13.7 Å². The fraction of sp³-hybridized carbons (Fsp3) is 0.778. The standard InChI is InChI=1S/C9H19N3O2S/c1-6(2)7(8(10)13)12-9(15)11-4-5-14-3/h6-7H,4-5H2,1-3H3,(H2,10,13)(H2,11,12,15). The summed E-state index contributed by atoms with van der Waals surface area (Å²) in [6, 6.07) is -0.437. The number of methoxy groups -OCH3 is 1. The molecule has 0 radical (unpaired) electrons. The van der Waals surface area contributed by atoms with Crippen molar-refractivity contribution in [3.8, 4) is 0 Å². The molecule has 0 spiro atoms. The molecule has 0 fully saturated rings. The van der Waals surface area contributed by atoms with Crippen molar-refractivity contribution < 1.29 is 9.53 Å². The van der Waals surface area contributed by atoms with Gasteiger partial charge in [-0.3, -0.25) is 4.79 Å². The van der Waals surface area contributed by atoms with Gasteiger partial charge >= 0.3 is 0 Å². The average molecular weight is 233 g/mol. The summed E-state index contributed by atoms with van der Waals surface area (Å²) in [5.74, 6) is -0.300. The molecule has 4 N–H and O–H groups in total. The Labute approximate surface area is 95.7 Å². The van der Waals surface area contributed by atoms with Crippen LogP contribution in [0.15, 0.2) is 0 Å². The molecule has 5 nitrogen and oxygen atoms in total. The third-order valence-electron chi connectivity index (χ3n) is 1.85. The predicted octanol–water partition coefficient (Wildman–Crippen LogP) is -0.393. The summed E-state index contributed by atoms with van der Waals surface area (Å²) < 4.78 is 4.85. The van der Waals surface area contributed by atoms with Gasteiger partial charge in [0.25, 0.3) is 0 Å². The molecule has 0 aromatic heterocycles. The SMILES string of the molecule is COCCNC(=S)NC(C(N)=O)C(C)C. The monoisotopic (exact) mass is 233 g/mol. The first-order valence-corrected chi connectivity index (χ1v) is 5.22. The van der Waals surface area contributed by atoms with E-state index in [1.54, 1.807) is 7.11 Å². The molecule has 0 rings (SSSR count). The fourth-order valence-electron chi connectivity index (χ4n) is 1.03. The first kappa shape index (κ1) is 14.1. The summed E-state index contributed by atoms with van der Waals surface area (Å²) in [5.41, 5.74) is 5.23. The maximum Gasteiger partial charge on any atom is 0.240 e. The minimum atomic E-state index is -0.437. The first-order chi connectivity index (χ1) is 6.99. The second-order valence-electron chi connectivity index (χ2n) is 3.52. The Morgan fingerprint density at radius 2 is 2.13 bits per heavy atom. The lowest BCUT2D eigenvalue weighted by molar-refractivity contribution is -0.120. The van der Waals surface area contributed by atoms with Crippen LogP contribution in [0.25, 0.3) is 0 Å². The van der Waals surface area contributed by atoms with E-state index in [0.717, 1.165) is 0 Å². The van der Waals surface area contributed by atoms with Crippen molar-refractivity contribution in [1.29, 1.82) is 0 Å². The van der Waals surface area contributed by atoms with Crippen LogP contribution in [0.5, 0.6) is 0 Å². The van der Waals surface area contributed by atoms with E-state index in [2.05, 4.69) is 10.6 Å². The summed E-state index contributed by atoms with van der Waals surface area (Å²) in [5, 5.41) is 6.20. The smallest absolute Gasteiger partial charge is 0.240 e. The second-order valence-corrected chi connectivity index (χ2v) is 3.93. The summed E-state index contributed by atoms with van der Waals surface area (Å²) in [4.78, 5) is 11.1. The van der Waals surface area contributed by atoms with Gasteiger partial charge in [0.15, 0.2) is 5.11 Å². The van der Waals surface area contributed by atoms with Crippen LogP contribution in [0, 0.1) is 5.92 Å². The van der Waals surface area contributed by atoms with Crippen molar-refractivity contribution in [1.82, 2.24) is 10.6 Å². The molecule has 1 amide bonds. The highest BCUT2D eigenvalue weighted by Crippen LogP contribution is 2.00. The lowest BCUT2D eigenvalue weighted by Gasteiger charge is -2.20. The van der Waals surface area contributed by atoms with Crippen LogP contribution >= 0.6 is 12.2 Å². The minimum Gasteiger partial charge on any atom is -0.383 e.